The van der Waals surface area contributed by atoms with Crippen LogP contribution in [0.2, 0.25) is 0 Å². The van der Waals surface area contributed by atoms with Crippen LogP contribution in [-0.4, -0.2) is 0 Å². The molecule has 0 saturated heterocycles. The molecule has 1 unspecified atom stereocenters. The maximum absolute atomic E-state index is 13.2. The van der Waals surface area contributed by atoms with Gasteiger partial charge in [0.2, 0.25) is 0 Å². The molecule has 2 nitrogen and oxygen atoms in total. The standard InChI is InChI=1S/C15H12BrFN2/c1-10(12-3-2-4-14(17)7-12)19-15-6-11(9-18)5-13(16)8-15/h2-8,10,19H,1H3. The van der Waals surface area contributed by atoms with E-state index in [1.54, 1.807) is 18.2 Å². The summed E-state index contributed by atoms with van der Waals surface area (Å²) in [5, 5.41) is 12.2. The average Bonchev–Trinajstić information content (AvgIpc) is 2.38. The molecule has 0 aliphatic heterocycles. The Balaban J connectivity index is 2.21. The highest BCUT2D eigenvalue weighted by atomic mass is 79.9. The molecule has 0 aromatic heterocycles. The molecule has 4 heteroatoms. The number of halogens is 2. The molecule has 0 radical (unpaired) electrons. The minimum Gasteiger partial charge on any atom is -0.378 e. The molecule has 2 rings (SSSR count). The Morgan fingerprint density at radius 1 is 1.26 bits per heavy atom. The molecule has 0 spiro atoms. The quantitative estimate of drug-likeness (QED) is 0.895. The Hall–Kier alpha value is -1.86. The predicted molar refractivity (Wildman–Crippen MR) is 77.3 cm³/mol. The lowest BCUT2D eigenvalue weighted by atomic mass is 10.1. The Morgan fingerprint density at radius 2 is 2.05 bits per heavy atom. The molecule has 0 fully saturated rings. The third-order valence-corrected chi connectivity index (χ3v) is 3.22. The highest BCUT2D eigenvalue weighted by Gasteiger charge is 2.07. The van der Waals surface area contributed by atoms with Crippen molar-refractivity contribution in [2.75, 3.05) is 5.32 Å². The van der Waals surface area contributed by atoms with Crippen molar-refractivity contribution in [3.63, 3.8) is 0 Å². The normalized spacial score (nSPS) is 11.7. The van der Waals surface area contributed by atoms with Gasteiger partial charge in [-0.15, -0.1) is 0 Å². The lowest BCUT2D eigenvalue weighted by molar-refractivity contribution is 0.623. The fraction of sp³-hybridized carbons (Fsp3) is 0.133. The zero-order chi connectivity index (χ0) is 13.8. The van der Waals surface area contributed by atoms with E-state index in [0.29, 0.717) is 5.56 Å². The van der Waals surface area contributed by atoms with Gasteiger partial charge in [0.25, 0.3) is 0 Å². The summed E-state index contributed by atoms with van der Waals surface area (Å²) < 4.78 is 14.0. The van der Waals surface area contributed by atoms with Gasteiger partial charge in [-0.2, -0.15) is 5.26 Å². The summed E-state index contributed by atoms with van der Waals surface area (Å²) in [6.45, 7) is 1.95. The molecule has 1 N–H and O–H groups in total. The first-order valence-corrected chi connectivity index (χ1v) is 6.60. The number of nitrogens with one attached hydrogen (secondary N) is 1. The molecule has 19 heavy (non-hydrogen) atoms. The van der Waals surface area contributed by atoms with Gasteiger partial charge >= 0.3 is 0 Å². The molecule has 0 aliphatic carbocycles. The van der Waals surface area contributed by atoms with E-state index in [2.05, 4.69) is 27.3 Å². The lowest BCUT2D eigenvalue weighted by Gasteiger charge is -2.16. The Morgan fingerprint density at radius 3 is 2.74 bits per heavy atom. The molecular formula is C15H12BrFN2. The Bertz CT molecular complexity index is 634. The summed E-state index contributed by atoms with van der Waals surface area (Å²) in [6, 6.07) is 13.9. The van der Waals surface area contributed by atoms with Crippen LogP contribution in [0.1, 0.15) is 24.1 Å². The molecule has 0 saturated carbocycles. The Labute approximate surface area is 120 Å². The highest BCUT2D eigenvalue weighted by Crippen LogP contribution is 2.24. The van der Waals surface area contributed by atoms with Crippen molar-refractivity contribution in [1.29, 1.82) is 5.26 Å². The van der Waals surface area contributed by atoms with E-state index in [0.717, 1.165) is 15.7 Å². The van der Waals surface area contributed by atoms with E-state index in [9.17, 15) is 4.39 Å². The van der Waals surface area contributed by atoms with Gasteiger partial charge < -0.3 is 5.32 Å². The van der Waals surface area contributed by atoms with Gasteiger partial charge in [-0.25, -0.2) is 4.39 Å². The van der Waals surface area contributed by atoms with Crippen molar-refractivity contribution in [1.82, 2.24) is 0 Å². The second kappa shape index (κ2) is 5.85. The SMILES string of the molecule is CC(Nc1cc(Br)cc(C#N)c1)c1cccc(F)c1. The molecule has 2 aromatic rings. The summed E-state index contributed by atoms with van der Waals surface area (Å²) in [4.78, 5) is 0. The predicted octanol–water partition coefficient (Wildman–Crippen LogP) is 4.63. The van der Waals surface area contributed by atoms with E-state index in [1.807, 2.05) is 19.1 Å². The van der Waals surface area contributed by atoms with Crippen molar-refractivity contribution in [3.8, 4) is 6.07 Å². The van der Waals surface area contributed by atoms with Gasteiger partial charge in [0.05, 0.1) is 11.6 Å². The van der Waals surface area contributed by atoms with Crippen molar-refractivity contribution in [2.24, 2.45) is 0 Å². The Kier molecular flexibility index (Phi) is 4.18. The number of nitriles is 1. The van der Waals surface area contributed by atoms with Gasteiger partial charge in [-0.05, 0) is 42.8 Å². The van der Waals surface area contributed by atoms with Crippen LogP contribution in [0.3, 0.4) is 0 Å². The molecule has 2 aromatic carbocycles. The van der Waals surface area contributed by atoms with Crippen LogP contribution >= 0.6 is 15.9 Å². The minimum atomic E-state index is -0.252. The van der Waals surface area contributed by atoms with E-state index >= 15 is 0 Å². The second-order valence-corrected chi connectivity index (χ2v) is 5.18. The molecule has 0 aliphatic rings. The monoisotopic (exact) mass is 318 g/mol. The average molecular weight is 319 g/mol. The maximum Gasteiger partial charge on any atom is 0.123 e. The highest BCUT2D eigenvalue weighted by molar-refractivity contribution is 9.10. The van der Waals surface area contributed by atoms with Gasteiger partial charge in [0.1, 0.15) is 5.82 Å². The fourth-order valence-corrected chi connectivity index (χ4v) is 2.34. The van der Waals surface area contributed by atoms with E-state index in [1.165, 1.54) is 12.1 Å². The molecule has 0 amide bonds. The fourth-order valence-electron chi connectivity index (χ4n) is 1.85. The number of anilines is 1. The number of hydrogen-bond donors (Lipinski definition) is 1. The van der Waals surface area contributed by atoms with Crippen molar-refractivity contribution < 1.29 is 4.39 Å². The zero-order valence-electron chi connectivity index (χ0n) is 10.3. The van der Waals surface area contributed by atoms with Crippen LogP contribution in [0.5, 0.6) is 0 Å². The van der Waals surface area contributed by atoms with E-state index < -0.39 is 0 Å². The van der Waals surface area contributed by atoms with Gasteiger partial charge in [-0.1, -0.05) is 28.1 Å². The number of nitrogens with zero attached hydrogens (tertiary/aromatic N) is 1. The smallest absolute Gasteiger partial charge is 0.123 e. The number of hydrogen-bond acceptors (Lipinski definition) is 2. The first-order valence-electron chi connectivity index (χ1n) is 5.81. The van der Waals surface area contributed by atoms with Crippen LogP contribution < -0.4 is 5.32 Å². The lowest BCUT2D eigenvalue weighted by Crippen LogP contribution is -2.07. The van der Waals surface area contributed by atoms with Crippen LogP contribution in [0.25, 0.3) is 0 Å². The first-order chi connectivity index (χ1) is 9.08. The van der Waals surface area contributed by atoms with Gasteiger partial charge in [-0.3, -0.25) is 0 Å². The zero-order valence-corrected chi connectivity index (χ0v) is 11.9. The molecule has 1 atom stereocenters. The number of rotatable bonds is 3. The number of benzene rings is 2. The maximum atomic E-state index is 13.2. The molecular weight excluding hydrogens is 307 g/mol. The summed E-state index contributed by atoms with van der Waals surface area (Å²) in [5.74, 6) is -0.252. The van der Waals surface area contributed by atoms with Gasteiger partial charge in [0.15, 0.2) is 0 Å². The summed E-state index contributed by atoms with van der Waals surface area (Å²) >= 11 is 3.36. The largest absolute Gasteiger partial charge is 0.378 e. The van der Waals surface area contributed by atoms with Crippen LogP contribution in [0.4, 0.5) is 10.1 Å². The topological polar surface area (TPSA) is 35.8 Å². The third-order valence-electron chi connectivity index (χ3n) is 2.76. The van der Waals surface area contributed by atoms with Crippen molar-refractivity contribution in [2.45, 2.75) is 13.0 Å². The van der Waals surface area contributed by atoms with E-state index in [4.69, 9.17) is 5.26 Å². The molecule has 0 bridgehead atoms. The van der Waals surface area contributed by atoms with Crippen LogP contribution in [0, 0.1) is 17.1 Å². The molecule has 96 valence electrons. The summed E-state index contributed by atoms with van der Waals surface area (Å²) in [6.07, 6.45) is 0. The first kappa shape index (κ1) is 13.6. The third kappa shape index (κ3) is 3.55. The summed E-state index contributed by atoms with van der Waals surface area (Å²) in [5.41, 5.74) is 2.25. The molecule has 0 heterocycles. The van der Waals surface area contributed by atoms with Crippen molar-refractivity contribution >= 4 is 21.6 Å². The minimum absolute atomic E-state index is 0.0449. The summed E-state index contributed by atoms with van der Waals surface area (Å²) in [7, 11) is 0. The van der Waals surface area contributed by atoms with E-state index in [-0.39, 0.29) is 11.9 Å². The van der Waals surface area contributed by atoms with Crippen LogP contribution in [-0.2, 0) is 0 Å². The van der Waals surface area contributed by atoms with Crippen molar-refractivity contribution in [3.05, 3.63) is 63.9 Å². The van der Waals surface area contributed by atoms with Gasteiger partial charge in [0, 0.05) is 16.2 Å². The second-order valence-electron chi connectivity index (χ2n) is 4.26. The van der Waals surface area contributed by atoms with Crippen LogP contribution in [0.15, 0.2) is 46.9 Å².